The van der Waals surface area contributed by atoms with E-state index in [0.29, 0.717) is 30.3 Å². The zero-order chi connectivity index (χ0) is 28.1. The number of carbonyl (C=O) groups excluding carboxylic acids is 1. The molecule has 1 amide bonds. The lowest BCUT2D eigenvalue weighted by atomic mass is 9.57. The Labute approximate surface area is 235 Å². The minimum atomic E-state index is -0.328. The van der Waals surface area contributed by atoms with Gasteiger partial charge in [-0.15, -0.1) is 10.2 Å². The monoisotopic (exact) mass is 538 g/mol. The maximum absolute atomic E-state index is 13.6. The van der Waals surface area contributed by atoms with E-state index >= 15 is 0 Å². The van der Waals surface area contributed by atoms with Crippen LogP contribution in [0.25, 0.3) is 0 Å². The molecule has 1 aliphatic heterocycles. The second kappa shape index (κ2) is 9.70. The van der Waals surface area contributed by atoms with Gasteiger partial charge < -0.3 is 20.5 Å². The molecule has 0 bridgehead atoms. The van der Waals surface area contributed by atoms with Crippen molar-refractivity contribution in [2.24, 2.45) is 13.0 Å². The molecule has 2 aromatic heterocycles. The van der Waals surface area contributed by atoms with Gasteiger partial charge >= 0.3 is 0 Å². The Morgan fingerprint density at radius 1 is 1.23 bits per heavy atom. The first kappa shape index (κ1) is 26.5. The standard InChI is InChI=1S/C31H38N8O/c1-29(2)18-33-25-21(17-34-30(3)10-6-11-30)13-24(37-26(25)29)27(40)36-23-8-5-7-22(14-23)31(15-20(16-31)9-12-32)28-38-35-19-39(28)4/h5,7-8,13-14,19-20,33-34H,6,9-11,15-18H2,1-4H3,(H,36,40). The molecule has 0 unspecified atom stereocenters. The van der Waals surface area contributed by atoms with Crippen LogP contribution in [0, 0.1) is 17.2 Å². The van der Waals surface area contributed by atoms with Crippen LogP contribution in [0.15, 0.2) is 36.7 Å². The number of benzene rings is 1. The topological polar surface area (TPSA) is 121 Å². The highest BCUT2D eigenvalue weighted by molar-refractivity contribution is 6.03. The highest BCUT2D eigenvalue weighted by atomic mass is 16.1. The predicted octanol–water partition coefficient (Wildman–Crippen LogP) is 4.81. The second-order valence-electron chi connectivity index (χ2n) is 12.9. The number of anilines is 2. The summed E-state index contributed by atoms with van der Waals surface area (Å²) in [5.74, 6) is 0.988. The van der Waals surface area contributed by atoms with E-state index in [0.717, 1.165) is 47.7 Å². The third-order valence-electron chi connectivity index (χ3n) is 9.31. The zero-order valence-electron chi connectivity index (χ0n) is 23.8. The van der Waals surface area contributed by atoms with Gasteiger partial charge in [-0.3, -0.25) is 4.79 Å². The molecule has 0 spiro atoms. The first-order valence-corrected chi connectivity index (χ1v) is 14.3. The van der Waals surface area contributed by atoms with E-state index < -0.39 is 0 Å². The average Bonchev–Trinajstić information content (AvgIpc) is 3.45. The summed E-state index contributed by atoms with van der Waals surface area (Å²) in [7, 11) is 1.95. The van der Waals surface area contributed by atoms with Crippen molar-refractivity contribution in [1.82, 2.24) is 25.1 Å². The normalized spacial score (nSPS) is 23.7. The summed E-state index contributed by atoms with van der Waals surface area (Å²) < 4.78 is 1.96. The average molecular weight is 539 g/mol. The maximum Gasteiger partial charge on any atom is 0.274 e. The van der Waals surface area contributed by atoms with Crippen LogP contribution in [0.1, 0.15) is 92.4 Å². The van der Waals surface area contributed by atoms with Crippen LogP contribution < -0.4 is 16.0 Å². The van der Waals surface area contributed by atoms with Gasteiger partial charge in [0.25, 0.3) is 5.91 Å². The number of pyridine rings is 1. The fraction of sp³-hybridized carbons (Fsp3) is 0.516. The zero-order valence-corrected chi connectivity index (χ0v) is 23.8. The summed E-state index contributed by atoms with van der Waals surface area (Å²) in [5.41, 5.74) is 4.98. The van der Waals surface area contributed by atoms with Gasteiger partial charge in [0, 0.05) is 43.2 Å². The number of nitrogens with one attached hydrogen (secondary N) is 3. The van der Waals surface area contributed by atoms with Crippen molar-refractivity contribution in [2.45, 2.75) is 82.2 Å². The number of hydrogen-bond donors (Lipinski definition) is 3. The van der Waals surface area contributed by atoms with E-state index in [1.54, 1.807) is 6.33 Å². The summed E-state index contributed by atoms with van der Waals surface area (Å²) in [6.07, 6.45) is 7.51. The van der Waals surface area contributed by atoms with E-state index in [1.807, 2.05) is 35.9 Å². The number of hydrogen-bond acceptors (Lipinski definition) is 7. The van der Waals surface area contributed by atoms with Crippen molar-refractivity contribution in [3.63, 3.8) is 0 Å². The van der Waals surface area contributed by atoms with E-state index in [2.05, 4.69) is 59.1 Å². The molecule has 9 heteroatoms. The Hall–Kier alpha value is -3.77. The molecule has 208 valence electrons. The molecular formula is C31H38N8O. The fourth-order valence-electron chi connectivity index (χ4n) is 6.68. The molecule has 3 heterocycles. The quantitative estimate of drug-likeness (QED) is 0.376. The Bertz CT molecular complexity index is 1490. The van der Waals surface area contributed by atoms with Gasteiger partial charge in [-0.05, 0) is 74.3 Å². The second-order valence-corrected chi connectivity index (χ2v) is 12.9. The van der Waals surface area contributed by atoms with Crippen LogP contribution in [0.4, 0.5) is 11.4 Å². The fourth-order valence-corrected chi connectivity index (χ4v) is 6.68. The first-order chi connectivity index (χ1) is 19.1. The van der Waals surface area contributed by atoms with Gasteiger partial charge in [0.05, 0.1) is 22.9 Å². The highest BCUT2D eigenvalue weighted by Gasteiger charge is 2.49. The van der Waals surface area contributed by atoms with Crippen molar-refractivity contribution < 1.29 is 4.79 Å². The molecule has 6 rings (SSSR count). The minimum Gasteiger partial charge on any atom is -0.382 e. The number of aryl methyl sites for hydroxylation is 1. The van der Waals surface area contributed by atoms with E-state index in [9.17, 15) is 10.1 Å². The van der Waals surface area contributed by atoms with Gasteiger partial charge in [-0.25, -0.2) is 4.98 Å². The van der Waals surface area contributed by atoms with E-state index in [4.69, 9.17) is 4.98 Å². The lowest BCUT2D eigenvalue weighted by molar-refractivity contribution is 0.102. The van der Waals surface area contributed by atoms with E-state index in [1.165, 1.54) is 19.3 Å². The van der Waals surface area contributed by atoms with Crippen LogP contribution >= 0.6 is 0 Å². The lowest BCUT2D eigenvalue weighted by Crippen LogP contribution is -2.47. The van der Waals surface area contributed by atoms with Crippen molar-refractivity contribution in [3.05, 3.63) is 65.0 Å². The molecule has 1 aromatic carbocycles. The lowest BCUT2D eigenvalue weighted by Gasteiger charge is -2.46. The number of nitriles is 1. The minimum absolute atomic E-state index is 0.159. The maximum atomic E-state index is 13.6. The summed E-state index contributed by atoms with van der Waals surface area (Å²) >= 11 is 0. The third-order valence-corrected chi connectivity index (χ3v) is 9.31. The molecule has 3 N–H and O–H groups in total. The van der Waals surface area contributed by atoms with Crippen molar-refractivity contribution in [3.8, 4) is 6.07 Å². The van der Waals surface area contributed by atoms with Crippen LogP contribution in [0.3, 0.4) is 0 Å². The number of aromatic nitrogens is 4. The summed E-state index contributed by atoms with van der Waals surface area (Å²) in [4.78, 5) is 18.5. The Kier molecular flexibility index (Phi) is 6.42. The van der Waals surface area contributed by atoms with Crippen molar-refractivity contribution in [2.75, 3.05) is 17.2 Å². The van der Waals surface area contributed by atoms with Crippen LogP contribution in [0.2, 0.25) is 0 Å². The molecule has 9 nitrogen and oxygen atoms in total. The van der Waals surface area contributed by atoms with Crippen LogP contribution in [0.5, 0.6) is 0 Å². The molecule has 0 atom stereocenters. The highest BCUT2D eigenvalue weighted by Crippen LogP contribution is 2.53. The summed E-state index contributed by atoms with van der Waals surface area (Å²) in [6, 6.07) is 12.2. The molecule has 2 saturated carbocycles. The molecule has 40 heavy (non-hydrogen) atoms. The van der Waals surface area contributed by atoms with Gasteiger partial charge in [-0.2, -0.15) is 5.26 Å². The molecule has 2 fully saturated rings. The Balaban J connectivity index is 1.28. The molecule has 3 aliphatic rings. The molecule has 3 aromatic rings. The Morgan fingerprint density at radius 3 is 2.70 bits per heavy atom. The molecular weight excluding hydrogens is 500 g/mol. The smallest absolute Gasteiger partial charge is 0.274 e. The number of nitrogens with zero attached hydrogens (tertiary/aromatic N) is 5. The number of carbonyl (C=O) groups is 1. The van der Waals surface area contributed by atoms with Gasteiger partial charge in [0.15, 0.2) is 0 Å². The third kappa shape index (κ3) is 4.54. The first-order valence-electron chi connectivity index (χ1n) is 14.3. The number of rotatable bonds is 8. The summed E-state index contributed by atoms with van der Waals surface area (Å²) in [5, 5.41) is 28.2. The van der Waals surface area contributed by atoms with E-state index in [-0.39, 0.29) is 22.3 Å². The Morgan fingerprint density at radius 2 is 2.02 bits per heavy atom. The molecule has 0 radical (unpaired) electrons. The van der Waals surface area contributed by atoms with Crippen LogP contribution in [-0.4, -0.2) is 37.7 Å². The SMILES string of the molecule is Cn1cnnc1C1(c2cccc(NC(=O)c3cc(CNC4(C)CCC4)c4c(n3)C(C)(C)CN4)c2)CC(CC#N)C1. The van der Waals surface area contributed by atoms with Crippen molar-refractivity contribution in [1.29, 1.82) is 5.26 Å². The number of amides is 1. The van der Waals surface area contributed by atoms with Crippen molar-refractivity contribution >= 4 is 17.3 Å². The van der Waals surface area contributed by atoms with Gasteiger partial charge in [0.1, 0.15) is 17.8 Å². The van der Waals surface area contributed by atoms with Crippen LogP contribution in [-0.2, 0) is 24.4 Å². The van der Waals surface area contributed by atoms with Gasteiger partial charge in [0.2, 0.25) is 0 Å². The molecule has 2 aliphatic carbocycles. The van der Waals surface area contributed by atoms with Gasteiger partial charge in [-0.1, -0.05) is 26.0 Å². The predicted molar refractivity (Wildman–Crippen MR) is 154 cm³/mol. The summed E-state index contributed by atoms with van der Waals surface area (Å²) in [6.45, 7) is 8.10. The number of fused-ring (bicyclic) bond motifs is 1. The largest absolute Gasteiger partial charge is 0.382 e. The molecule has 0 saturated heterocycles.